The molecule has 0 aliphatic carbocycles. The standard InChI is InChI=1S/C26H37F2N5O3/c1-34-22-16-20-21(17-23(22)36-15-5-11-32-9-2-3-10-32)30-25(33-12-7-26(27,28)8-13-33)31-24(20)29-19-6-4-14-35-18-19/h16-17,19H,2-15,18H2,1H3,(H,29,30,31). The first-order valence-electron chi connectivity index (χ1n) is 13.2. The second-order valence-electron chi connectivity index (χ2n) is 10.0. The third-order valence-corrected chi connectivity index (χ3v) is 7.32. The van der Waals surface area contributed by atoms with E-state index in [0.717, 1.165) is 37.8 Å². The van der Waals surface area contributed by atoms with Crippen molar-refractivity contribution in [1.82, 2.24) is 14.9 Å². The van der Waals surface area contributed by atoms with Crippen molar-refractivity contribution >= 4 is 22.7 Å². The van der Waals surface area contributed by atoms with Gasteiger partial charge < -0.3 is 29.3 Å². The predicted molar refractivity (Wildman–Crippen MR) is 136 cm³/mol. The zero-order valence-corrected chi connectivity index (χ0v) is 21.1. The molecule has 1 aromatic heterocycles. The molecule has 3 saturated heterocycles. The fraction of sp³-hybridized carbons (Fsp3) is 0.692. The van der Waals surface area contributed by atoms with Gasteiger partial charge >= 0.3 is 0 Å². The van der Waals surface area contributed by atoms with Crippen LogP contribution in [0.2, 0.25) is 0 Å². The first kappa shape index (κ1) is 25.2. The summed E-state index contributed by atoms with van der Waals surface area (Å²) in [6.45, 7) is 5.77. The Morgan fingerprint density at radius 3 is 2.61 bits per heavy atom. The van der Waals surface area contributed by atoms with Gasteiger partial charge in [0.05, 0.1) is 31.9 Å². The van der Waals surface area contributed by atoms with Crippen molar-refractivity contribution in [2.75, 3.05) is 69.9 Å². The molecular weight excluding hydrogens is 468 g/mol. The number of ether oxygens (including phenoxy) is 3. The summed E-state index contributed by atoms with van der Waals surface area (Å²) in [4.78, 5) is 13.9. The molecule has 0 saturated carbocycles. The molecule has 1 aromatic carbocycles. The number of benzene rings is 1. The summed E-state index contributed by atoms with van der Waals surface area (Å²) >= 11 is 0. The van der Waals surface area contributed by atoms with Crippen molar-refractivity contribution in [2.24, 2.45) is 0 Å². The van der Waals surface area contributed by atoms with Crippen molar-refractivity contribution in [3.8, 4) is 11.5 Å². The number of anilines is 2. The fourth-order valence-corrected chi connectivity index (χ4v) is 5.21. The van der Waals surface area contributed by atoms with Gasteiger partial charge in [0.15, 0.2) is 11.5 Å². The maximum atomic E-state index is 13.8. The van der Waals surface area contributed by atoms with Gasteiger partial charge in [-0.25, -0.2) is 13.8 Å². The zero-order valence-electron chi connectivity index (χ0n) is 21.1. The van der Waals surface area contributed by atoms with Crippen LogP contribution in [0.25, 0.3) is 10.9 Å². The van der Waals surface area contributed by atoms with Crippen molar-refractivity contribution in [2.45, 2.75) is 56.9 Å². The smallest absolute Gasteiger partial charge is 0.251 e. The van der Waals surface area contributed by atoms with Crippen molar-refractivity contribution in [3.63, 3.8) is 0 Å². The zero-order chi connectivity index (χ0) is 25.0. The van der Waals surface area contributed by atoms with Crippen LogP contribution < -0.4 is 19.7 Å². The maximum Gasteiger partial charge on any atom is 0.251 e. The first-order chi connectivity index (χ1) is 17.5. The largest absolute Gasteiger partial charge is 0.493 e. The monoisotopic (exact) mass is 505 g/mol. The van der Waals surface area contributed by atoms with E-state index in [-0.39, 0.29) is 32.0 Å². The molecule has 3 aliphatic heterocycles. The average Bonchev–Trinajstić information content (AvgIpc) is 3.40. The van der Waals surface area contributed by atoms with Crippen LogP contribution in [-0.2, 0) is 4.74 Å². The van der Waals surface area contributed by atoms with E-state index < -0.39 is 5.92 Å². The molecule has 0 amide bonds. The number of fused-ring (bicyclic) bond motifs is 1. The number of hydrogen-bond acceptors (Lipinski definition) is 8. The molecule has 10 heteroatoms. The molecule has 1 unspecified atom stereocenters. The topological polar surface area (TPSA) is 72.0 Å². The Morgan fingerprint density at radius 2 is 1.89 bits per heavy atom. The number of hydrogen-bond donors (Lipinski definition) is 1. The number of rotatable bonds is 9. The molecule has 4 heterocycles. The summed E-state index contributed by atoms with van der Waals surface area (Å²) in [5.41, 5.74) is 0.701. The van der Waals surface area contributed by atoms with Crippen LogP contribution in [0.5, 0.6) is 11.5 Å². The van der Waals surface area contributed by atoms with E-state index in [0.29, 0.717) is 42.0 Å². The Kier molecular flexibility index (Phi) is 7.90. The van der Waals surface area contributed by atoms with Crippen LogP contribution in [0.15, 0.2) is 12.1 Å². The van der Waals surface area contributed by atoms with E-state index in [9.17, 15) is 8.78 Å². The molecule has 0 radical (unpaired) electrons. The van der Waals surface area contributed by atoms with Crippen molar-refractivity contribution < 1.29 is 23.0 Å². The molecule has 8 nitrogen and oxygen atoms in total. The Bertz CT molecular complexity index is 1020. The number of nitrogens with zero attached hydrogens (tertiary/aromatic N) is 4. The van der Waals surface area contributed by atoms with E-state index in [4.69, 9.17) is 24.2 Å². The molecule has 198 valence electrons. The fourth-order valence-electron chi connectivity index (χ4n) is 5.21. The average molecular weight is 506 g/mol. The van der Waals surface area contributed by atoms with Crippen molar-refractivity contribution in [1.29, 1.82) is 0 Å². The number of methoxy groups -OCH3 is 1. The Morgan fingerprint density at radius 1 is 1.08 bits per heavy atom. The lowest BCUT2D eigenvalue weighted by atomic mass is 10.1. The maximum absolute atomic E-state index is 13.8. The van der Waals surface area contributed by atoms with Gasteiger partial charge in [-0.3, -0.25) is 0 Å². The first-order valence-corrected chi connectivity index (χ1v) is 13.2. The van der Waals surface area contributed by atoms with Crippen LogP contribution >= 0.6 is 0 Å². The quantitative estimate of drug-likeness (QED) is 0.505. The highest BCUT2D eigenvalue weighted by molar-refractivity contribution is 5.93. The lowest BCUT2D eigenvalue weighted by molar-refractivity contribution is -0.0222. The number of aromatic nitrogens is 2. The molecular formula is C26H37F2N5O3. The van der Waals surface area contributed by atoms with Gasteiger partial charge in [-0.1, -0.05) is 0 Å². The Balaban J connectivity index is 1.40. The highest BCUT2D eigenvalue weighted by Gasteiger charge is 2.35. The molecule has 3 fully saturated rings. The Hall–Kier alpha value is -2.46. The van der Waals surface area contributed by atoms with Gasteiger partial charge in [0.25, 0.3) is 5.92 Å². The number of nitrogens with one attached hydrogen (secondary N) is 1. The second kappa shape index (κ2) is 11.3. The van der Waals surface area contributed by atoms with E-state index in [1.54, 1.807) is 7.11 Å². The van der Waals surface area contributed by atoms with Gasteiger partial charge in [0, 0.05) is 50.5 Å². The predicted octanol–water partition coefficient (Wildman–Crippen LogP) is 4.33. The highest BCUT2D eigenvalue weighted by atomic mass is 19.3. The van der Waals surface area contributed by atoms with Gasteiger partial charge in [-0.05, 0) is 51.3 Å². The van der Waals surface area contributed by atoms with Crippen LogP contribution in [0.3, 0.4) is 0 Å². The van der Waals surface area contributed by atoms with Crippen molar-refractivity contribution in [3.05, 3.63) is 12.1 Å². The molecule has 1 atom stereocenters. The summed E-state index contributed by atoms with van der Waals surface area (Å²) < 4.78 is 45.0. The van der Waals surface area contributed by atoms with E-state index in [1.807, 2.05) is 17.0 Å². The Labute approximate surface area is 211 Å². The number of likely N-dealkylation sites (tertiary alicyclic amines) is 1. The van der Waals surface area contributed by atoms with E-state index >= 15 is 0 Å². The van der Waals surface area contributed by atoms with Gasteiger partial charge in [-0.15, -0.1) is 0 Å². The van der Waals surface area contributed by atoms with Gasteiger partial charge in [0.2, 0.25) is 5.95 Å². The van der Waals surface area contributed by atoms with Crippen LogP contribution in [0, 0.1) is 0 Å². The summed E-state index contributed by atoms with van der Waals surface area (Å²) in [5.74, 6) is -0.241. The summed E-state index contributed by atoms with van der Waals surface area (Å²) in [5, 5.41) is 4.33. The molecule has 5 rings (SSSR count). The van der Waals surface area contributed by atoms with Gasteiger partial charge in [0.1, 0.15) is 5.82 Å². The van der Waals surface area contributed by atoms with Crippen LogP contribution in [-0.4, -0.2) is 86.5 Å². The number of halogens is 2. The minimum atomic E-state index is -2.63. The normalized spacial score (nSPS) is 22.6. The molecule has 36 heavy (non-hydrogen) atoms. The second-order valence-corrected chi connectivity index (χ2v) is 10.0. The van der Waals surface area contributed by atoms with E-state index in [2.05, 4.69) is 10.2 Å². The van der Waals surface area contributed by atoms with Gasteiger partial charge in [-0.2, -0.15) is 4.98 Å². The SMILES string of the molecule is COc1cc2c(NC3CCCOC3)nc(N3CCC(F)(F)CC3)nc2cc1OCCCN1CCCC1. The number of alkyl halides is 2. The minimum absolute atomic E-state index is 0.128. The third kappa shape index (κ3) is 6.08. The molecule has 0 spiro atoms. The highest BCUT2D eigenvalue weighted by Crippen LogP contribution is 2.37. The lowest BCUT2D eigenvalue weighted by Crippen LogP contribution is -2.40. The minimum Gasteiger partial charge on any atom is -0.493 e. The molecule has 1 N–H and O–H groups in total. The van der Waals surface area contributed by atoms with E-state index in [1.165, 1.54) is 25.9 Å². The third-order valence-electron chi connectivity index (χ3n) is 7.32. The lowest BCUT2D eigenvalue weighted by Gasteiger charge is -2.32. The number of piperidine rings is 1. The van der Waals surface area contributed by atoms with Crippen LogP contribution in [0.1, 0.15) is 44.9 Å². The molecule has 0 bridgehead atoms. The van der Waals surface area contributed by atoms with Crippen LogP contribution in [0.4, 0.5) is 20.5 Å². The summed E-state index contributed by atoms with van der Waals surface area (Å²) in [6, 6.07) is 3.92. The molecule has 2 aromatic rings. The summed E-state index contributed by atoms with van der Waals surface area (Å²) in [7, 11) is 1.63. The molecule has 3 aliphatic rings. The summed E-state index contributed by atoms with van der Waals surface area (Å²) in [6.07, 6.45) is 5.06.